The van der Waals surface area contributed by atoms with Crippen LogP contribution in [0.3, 0.4) is 0 Å². The van der Waals surface area contributed by atoms with Gasteiger partial charge < -0.3 is 10.1 Å². The summed E-state index contributed by atoms with van der Waals surface area (Å²) in [6, 6.07) is 8.55. The van der Waals surface area contributed by atoms with Gasteiger partial charge in [0.05, 0.1) is 11.8 Å². The van der Waals surface area contributed by atoms with E-state index in [0.717, 1.165) is 30.4 Å². The molecule has 0 saturated carbocycles. The topological polar surface area (TPSA) is 34.2 Å². The standard InChI is InChI=1S/C16H20N2OS/c1-11-5-7-13(8-6-11)15-12(2)20-16(18-15)17-10-14-4-3-9-19-14/h5-8,14H,3-4,9-10H2,1-2H3,(H,17,18)/t14-/m1/s1. The quantitative estimate of drug-likeness (QED) is 0.922. The number of benzene rings is 1. The maximum Gasteiger partial charge on any atom is 0.183 e. The van der Waals surface area contributed by atoms with E-state index in [4.69, 9.17) is 9.72 Å². The number of nitrogens with one attached hydrogen (secondary N) is 1. The Hall–Kier alpha value is -1.39. The Morgan fingerprint density at radius 1 is 1.30 bits per heavy atom. The van der Waals surface area contributed by atoms with Gasteiger partial charge >= 0.3 is 0 Å². The Kier molecular flexibility index (Phi) is 4.03. The Balaban J connectivity index is 1.71. The number of anilines is 1. The summed E-state index contributed by atoms with van der Waals surface area (Å²) in [5, 5.41) is 4.41. The highest BCUT2D eigenvalue weighted by Crippen LogP contribution is 2.30. The first-order valence-electron chi connectivity index (χ1n) is 7.12. The van der Waals surface area contributed by atoms with Crippen molar-refractivity contribution < 1.29 is 4.74 Å². The second-order valence-corrected chi connectivity index (χ2v) is 6.51. The largest absolute Gasteiger partial charge is 0.376 e. The van der Waals surface area contributed by atoms with Gasteiger partial charge in [-0.25, -0.2) is 4.98 Å². The number of thiazole rings is 1. The predicted molar refractivity (Wildman–Crippen MR) is 84.5 cm³/mol. The molecule has 1 fully saturated rings. The highest BCUT2D eigenvalue weighted by molar-refractivity contribution is 7.16. The number of ether oxygens (including phenoxy) is 1. The van der Waals surface area contributed by atoms with Crippen LogP contribution in [0.1, 0.15) is 23.3 Å². The van der Waals surface area contributed by atoms with Crippen LogP contribution in [-0.4, -0.2) is 24.2 Å². The summed E-state index contributed by atoms with van der Waals surface area (Å²) in [5.41, 5.74) is 3.55. The highest BCUT2D eigenvalue weighted by atomic mass is 32.1. The van der Waals surface area contributed by atoms with Crippen LogP contribution in [0, 0.1) is 13.8 Å². The van der Waals surface area contributed by atoms with Crippen molar-refractivity contribution in [3.8, 4) is 11.3 Å². The van der Waals surface area contributed by atoms with E-state index in [1.807, 2.05) is 0 Å². The molecule has 0 unspecified atom stereocenters. The van der Waals surface area contributed by atoms with Crippen LogP contribution < -0.4 is 5.32 Å². The monoisotopic (exact) mass is 288 g/mol. The molecule has 1 aliphatic heterocycles. The Morgan fingerprint density at radius 2 is 2.10 bits per heavy atom. The Labute approximate surface area is 124 Å². The van der Waals surface area contributed by atoms with E-state index in [2.05, 4.69) is 43.4 Å². The molecule has 0 amide bonds. The minimum atomic E-state index is 0.349. The second-order valence-electron chi connectivity index (χ2n) is 5.31. The summed E-state index contributed by atoms with van der Waals surface area (Å²) in [4.78, 5) is 5.98. The first kappa shape index (κ1) is 13.6. The maximum absolute atomic E-state index is 5.62. The third-order valence-electron chi connectivity index (χ3n) is 3.63. The first-order valence-corrected chi connectivity index (χ1v) is 7.94. The fraction of sp³-hybridized carbons (Fsp3) is 0.438. The molecule has 106 valence electrons. The molecule has 0 aliphatic carbocycles. The molecular formula is C16H20N2OS. The van der Waals surface area contributed by atoms with Gasteiger partial charge in [0, 0.05) is 23.6 Å². The van der Waals surface area contributed by atoms with Crippen molar-refractivity contribution in [2.75, 3.05) is 18.5 Å². The second kappa shape index (κ2) is 5.94. The fourth-order valence-corrected chi connectivity index (χ4v) is 3.30. The van der Waals surface area contributed by atoms with Gasteiger partial charge in [-0.2, -0.15) is 0 Å². The lowest BCUT2D eigenvalue weighted by Crippen LogP contribution is -2.18. The lowest BCUT2D eigenvalue weighted by atomic mass is 10.1. The van der Waals surface area contributed by atoms with Crippen LogP contribution in [0.5, 0.6) is 0 Å². The van der Waals surface area contributed by atoms with Gasteiger partial charge in [-0.15, -0.1) is 11.3 Å². The molecule has 0 bridgehead atoms. The normalized spacial score (nSPS) is 18.4. The van der Waals surface area contributed by atoms with Crippen LogP contribution in [-0.2, 0) is 4.74 Å². The average molecular weight is 288 g/mol. The molecule has 1 aromatic carbocycles. The van der Waals surface area contributed by atoms with Gasteiger partial charge in [-0.3, -0.25) is 0 Å². The fourth-order valence-electron chi connectivity index (χ4n) is 2.46. The molecule has 0 radical (unpaired) electrons. The molecule has 1 atom stereocenters. The average Bonchev–Trinajstić information content (AvgIpc) is 3.07. The molecule has 3 nitrogen and oxygen atoms in total. The molecule has 1 aliphatic rings. The number of hydrogen-bond acceptors (Lipinski definition) is 4. The molecule has 0 spiro atoms. The van der Waals surface area contributed by atoms with E-state index in [1.54, 1.807) is 11.3 Å². The van der Waals surface area contributed by atoms with E-state index in [0.29, 0.717) is 6.10 Å². The van der Waals surface area contributed by atoms with Crippen molar-refractivity contribution in [2.45, 2.75) is 32.8 Å². The molecule has 3 rings (SSSR count). The van der Waals surface area contributed by atoms with E-state index in [-0.39, 0.29) is 0 Å². The van der Waals surface area contributed by atoms with Crippen molar-refractivity contribution in [1.82, 2.24) is 4.98 Å². The van der Waals surface area contributed by atoms with Crippen molar-refractivity contribution in [3.63, 3.8) is 0 Å². The molecule has 1 aromatic heterocycles. The molecule has 2 aromatic rings. The van der Waals surface area contributed by atoms with Gasteiger partial charge in [-0.1, -0.05) is 29.8 Å². The van der Waals surface area contributed by atoms with Crippen molar-refractivity contribution >= 4 is 16.5 Å². The van der Waals surface area contributed by atoms with Gasteiger partial charge in [0.1, 0.15) is 0 Å². The number of rotatable bonds is 4. The summed E-state index contributed by atoms with van der Waals surface area (Å²) in [5.74, 6) is 0. The minimum absolute atomic E-state index is 0.349. The highest BCUT2D eigenvalue weighted by Gasteiger charge is 2.16. The summed E-state index contributed by atoms with van der Waals surface area (Å²) in [7, 11) is 0. The number of nitrogens with zero attached hydrogens (tertiary/aromatic N) is 1. The molecule has 1 N–H and O–H groups in total. The van der Waals surface area contributed by atoms with Gasteiger partial charge in [0.25, 0.3) is 0 Å². The molecular weight excluding hydrogens is 268 g/mol. The van der Waals surface area contributed by atoms with Crippen LogP contribution in [0.25, 0.3) is 11.3 Å². The zero-order valence-corrected chi connectivity index (χ0v) is 12.8. The van der Waals surface area contributed by atoms with Gasteiger partial charge in [0.15, 0.2) is 5.13 Å². The van der Waals surface area contributed by atoms with Crippen LogP contribution >= 0.6 is 11.3 Å². The van der Waals surface area contributed by atoms with E-state index >= 15 is 0 Å². The van der Waals surface area contributed by atoms with Crippen LogP contribution in [0.15, 0.2) is 24.3 Å². The van der Waals surface area contributed by atoms with Crippen LogP contribution in [0.4, 0.5) is 5.13 Å². The molecule has 2 heterocycles. The maximum atomic E-state index is 5.62. The van der Waals surface area contributed by atoms with Crippen molar-refractivity contribution in [3.05, 3.63) is 34.7 Å². The van der Waals surface area contributed by atoms with Gasteiger partial charge in [0.2, 0.25) is 0 Å². The van der Waals surface area contributed by atoms with Crippen molar-refractivity contribution in [2.24, 2.45) is 0 Å². The third kappa shape index (κ3) is 3.02. The van der Waals surface area contributed by atoms with E-state index in [1.165, 1.54) is 22.4 Å². The van der Waals surface area contributed by atoms with E-state index < -0.39 is 0 Å². The lowest BCUT2D eigenvalue weighted by Gasteiger charge is -2.09. The summed E-state index contributed by atoms with van der Waals surface area (Å²) >= 11 is 1.72. The molecule has 1 saturated heterocycles. The SMILES string of the molecule is Cc1ccc(-c2nc(NC[C@H]3CCCO3)sc2C)cc1. The van der Waals surface area contributed by atoms with Crippen molar-refractivity contribution in [1.29, 1.82) is 0 Å². The zero-order valence-electron chi connectivity index (χ0n) is 12.0. The zero-order chi connectivity index (χ0) is 13.9. The Bertz CT molecular complexity index is 571. The lowest BCUT2D eigenvalue weighted by molar-refractivity contribution is 0.120. The first-order chi connectivity index (χ1) is 9.72. The molecule has 4 heteroatoms. The number of aromatic nitrogens is 1. The Morgan fingerprint density at radius 3 is 2.80 bits per heavy atom. The third-order valence-corrected chi connectivity index (χ3v) is 4.56. The number of aryl methyl sites for hydroxylation is 2. The summed E-state index contributed by atoms with van der Waals surface area (Å²) in [6.07, 6.45) is 2.68. The summed E-state index contributed by atoms with van der Waals surface area (Å²) < 4.78 is 5.62. The van der Waals surface area contributed by atoms with Crippen LogP contribution in [0.2, 0.25) is 0 Å². The number of hydrogen-bond donors (Lipinski definition) is 1. The minimum Gasteiger partial charge on any atom is -0.376 e. The summed E-state index contributed by atoms with van der Waals surface area (Å²) in [6.45, 7) is 5.99. The predicted octanol–water partition coefficient (Wildman–Crippen LogP) is 4.02. The smallest absolute Gasteiger partial charge is 0.183 e. The van der Waals surface area contributed by atoms with E-state index in [9.17, 15) is 0 Å². The van der Waals surface area contributed by atoms with Gasteiger partial charge in [-0.05, 0) is 26.7 Å². The molecule has 20 heavy (non-hydrogen) atoms.